The molecule has 0 aliphatic heterocycles. The fraction of sp³-hybridized carbons (Fsp3) is 0.0455. The van der Waals surface area contributed by atoms with Crippen LogP contribution in [0, 0.1) is 17.1 Å². The molecule has 5 heteroatoms. The highest BCUT2D eigenvalue weighted by atomic mass is 19.1. The van der Waals surface area contributed by atoms with Gasteiger partial charge in [-0.3, -0.25) is 9.59 Å². The van der Waals surface area contributed by atoms with Gasteiger partial charge in [-0.1, -0.05) is 48.5 Å². The molecule has 0 radical (unpaired) electrons. The highest BCUT2D eigenvalue weighted by Crippen LogP contribution is 2.36. The minimum Gasteiger partial charge on any atom is -0.332 e. The Morgan fingerprint density at radius 2 is 1.59 bits per heavy atom. The van der Waals surface area contributed by atoms with Gasteiger partial charge in [0.05, 0.1) is 6.07 Å². The molecule has 0 bridgehead atoms. The Bertz CT molecular complexity index is 1130. The van der Waals surface area contributed by atoms with E-state index in [0.29, 0.717) is 11.1 Å². The highest BCUT2D eigenvalue weighted by Gasteiger charge is 2.27. The van der Waals surface area contributed by atoms with Crippen LogP contribution in [0.5, 0.6) is 0 Å². The van der Waals surface area contributed by atoms with Crippen molar-refractivity contribution in [3.05, 3.63) is 94.8 Å². The lowest BCUT2D eigenvalue weighted by molar-refractivity contribution is 0.0944. The number of hydrogen-bond donors (Lipinski definition) is 1. The van der Waals surface area contributed by atoms with Gasteiger partial charge in [0, 0.05) is 22.3 Å². The molecule has 1 aliphatic carbocycles. The summed E-state index contributed by atoms with van der Waals surface area (Å²) in [5, 5.41) is 11.8. The van der Waals surface area contributed by atoms with Crippen LogP contribution >= 0.6 is 0 Å². The average Bonchev–Trinajstić information content (AvgIpc) is 2.99. The Morgan fingerprint density at radius 3 is 2.33 bits per heavy atom. The molecule has 1 amide bonds. The molecule has 1 unspecified atom stereocenters. The van der Waals surface area contributed by atoms with Gasteiger partial charge in [0.15, 0.2) is 5.78 Å². The quantitative estimate of drug-likeness (QED) is 0.602. The average molecular weight is 356 g/mol. The number of carbonyl (C=O) groups excluding carboxylic acids is 2. The van der Waals surface area contributed by atoms with Crippen LogP contribution in [0.15, 0.2) is 66.7 Å². The normalized spacial score (nSPS) is 12.7. The van der Waals surface area contributed by atoms with E-state index < -0.39 is 17.8 Å². The second-order valence-electron chi connectivity index (χ2n) is 6.19. The number of benzene rings is 3. The zero-order chi connectivity index (χ0) is 19.0. The highest BCUT2D eigenvalue weighted by molar-refractivity contribution is 6.22. The summed E-state index contributed by atoms with van der Waals surface area (Å²) in [7, 11) is 0. The topological polar surface area (TPSA) is 70.0 Å². The van der Waals surface area contributed by atoms with Gasteiger partial charge in [-0.2, -0.15) is 5.26 Å². The summed E-state index contributed by atoms with van der Waals surface area (Å²) in [6, 6.07) is 18.7. The number of rotatable bonds is 3. The Balaban J connectivity index is 1.64. The molecule has 0 aromatic heterocycles. The molecular weight excluding hydrogens is 343 g/mol. The predicted molar refractivity (Wildman–Crippen MR) is 97.5 cm³/mol. The minimum atomic E-state index is -1.13. The number of ketones is 1. The third-order valence-electron chi connectivity index (χ3n) is 4.61. The molecule has 1 aliphatic rings. The van der Waals surface area contributed by atoms with E-state index in [-0.39, 0.29) is 16.9 Å². The van der Waals surface area contributed by atoms with Gasteiger partial charge >= 0.3 is 0 Å². The number of carbonyl (C=O) groups is 2. The van der Waals surface area contributed by atoms with Crippen molar-refractivity contribution < 1.29 is 14.0 Å². The third-order valence-corrected chi connectivity index (χ3v) is 4.61. The van der Waals surface area contributed by atoms with E-state index in [4.69, 9.17) is 0 Å². The summed E-state index contributed by atoms with van der Waals surface area (Å²) < 4.78 is 13.9. The second-order valence-corrected chi connectivity index (χ2v) is 6.19. The van der Waals surface area contributed by atoms with E-state index in [2.05, 4.69) is 5.32 Å². The first kappa shape index (κ1) is 16.7. The molecule has 4 nitrogen and oxygen atoms in total. The van der Waals surface area contributed by atoms with E-state index in [1.807, 2.05) is 18.2 Å². The molecule has 130 valence electrons. The van der Waals surface area contributed by atoms with Gasteiger partial charge in [0.25, 0.3) is 5.91 Å². The molecule has 3 aromatic rings. The van der Waals surface area contributed by atoms with E-state index in [1.165, 1.54) is 24.3 Å². The first-order valence-electron chi connectivity index (χ1n) is 8.33. The summed E-state index contributed by atoms with van der Waals surface area (Å²) in [4.78, 5) is 25.2. The van der Waals surface area contributed by atoms with Gasteiger partial charge in [-0.05, 0) is 29.3 Å². The SMILES string of the molecule is N#CC(NC(=O)c1ccc2c(c1)C(=O)c1ccccc1-2)c1ccccc1F. The number of nitriles is 1. The number of hydrogen-bond acceptors (Lipinski definition) is 3. The fourth-order valence-electron chi connectivity index (χ4n) is 3.27. The number of nitrogens with zero attached hydrogens (tertiary/aromatic N) is 1. The van der Waals surface area contributed by atoms with Gasteiger partial charge in [-0.15, -0.1) is 0 Å². The minimum absolute atomic E-state index is 0.0954. The second kappa shape index (κ2) is 6.50. The van der Waals surface area contributed by atoms with Crippen molar-refractivity contribution in [3.63, 3.8) is 0 Å². The zero-order valence-electron chi connectivity index (χ0n) is 14.1. The fourth-order valence-corrected chi connectivity index (χ4v) is 3.27. The molecule has 1 N–H and O–H groups in total. The van der Waals surface area contributed by atoms with E-state index in [0.717, 1.165) is 11.1 Å². The summed E-state index contributed by atoms with van der Waals surface area (Å²) in [5.41, 5.74) is 3.00. The van der Waals surface area contributed by atoms with Crippen molar-refractivity contribution in [1.82, 2.24) is 5.32 Å². The molecule has 0 saturated carbocycles. The molecule has 3 aromatic carbocycles. The van der Waals surface area contributed by atoms with E-state index in [9.17, 15) is 19.2 Å². The summed E-state index contributed by atoms with van der Waals surface area (Å²) in [6.07, 6.45) is 0. The first-order chi connectivity index (χ1) is 13.1. The lowest BCUT2D eigenvalue weighted by Gasteiger charge is -2.13. The van der Waals surface area contributed by atoms with Crippen molar-refractivity contribution in [2.75, 3.05) is 0 Å². The molecule has 4 rings (SSSR count). The molecular formula is C22H13FN2O2. The van der Waals surface area contributed by atoms with Crippen molar-refractivity contribution in [2.45, 2.75) is 6.04 Å². The Labute approximate surface area is 154 Å². The maximum absolute atomic E-state index is 13.9. The largest absolute Gasteiger partial charge is 0.332 e. The summed E-state index contributed by atoms with van der Waals surface area (Å²) in [5.74, 6) is -1.25. The van der Waals surface area contributed by atoms with Crippen molar-refractivity contribution in [2.24, 2.45) is 0 Å². The van der Waals surface area contributed by atoms with Gasteiger partial charge in [0.1, 0.15) is 11.9 Å². The van der Waals surface area contributed by atoms with Crippen LogP contribution in [-0.2, 0) is 0 Å². The lowest BCUT2D eigenvalue weighted by Crippen LogP contribution is -2.28. The molecule has 0 fully saturated rings. The van der Waals surface area contributed by atoms with Crippen LogP contribution < -0.4 is 5.32 Å². The smallest absolute Gasteiger partial charge is 0.252 e. The Morgan fingerprint density at radius 1 is 0.926 bits per heavy atom. The molecule has 0 saturated heterocycles. The Hall–Kier alpha value is -3.78. The molecule has 0 spiro atoms. The van der Waals surface area contributed by atoms with Crippen LogP contribution in [0.3, 0.4) is 0 Å². The van der Waals surface area contributed by atoms with Crippen molar-refractivity contribution in [3.8, 4) is 17.2 Å². The van der Waals surface area contributed by atoms with Gasteiger partial charge in [-0.25, -0.2) is 4.39 Å². The Kier molecular flexibility index (Phi) is 4.02. The van der Waals surface area contributed by atoms with Crippen molar-refractivity contribution >= 4 is 11.7 Å². The van der Waals surface area contributed by atoms with E-state index >= 15 is 0 Å². The van der Waals surface area contributed by atoms with Crippen LogP contribution in [0.25, 0.3) is 11.1 Å². The summed E-state index contributed by atoms with van der Waals surface area (Å²) in [6.45, 7) is 0. The first-order valence-corrected chi connectivity index (χ1v) is 8.33. The van der Waals surface area contributed by atoms with Crippen LogP contribution in [-0.4, -0.2) is 11.7 Å². The van der Waals surface area contributed by atoms with Crippen LogP contribution in [0.2, 0.25) is 0 Å². The van der Waals surface area contributed by atoms with Crippen LogP contribution in [0.4, 0.5) is 4.39 Å². The maximum Gasteiger partial charge on any atom is 0.252 e. The number of halogens is 1. The summed E-state index contributed by atoms with van der Waals surface area (Å²) >= 11 is 0. The van der Waals surface area contributed by atoms with E-state index in [1.54, 1.807) is 30.3 Å². The third kappa shape index (κ3) is 2.77. The van der Waals surface area contributed by atoms with Gasteiger partial charge < -0.3 is 5.32 Å². The lowest BCUT2D eigenvalue weighted by atomic mass is 10.0. The number of fused-ring (bicyclic) bond motifs is 3. The van der Waals surface area contributed by atoms with Crippen molar-refractivity contribution in [1.29, 1.82) is 5.26 Å². The molecule has 27 heavy (non-hydrogen) atoms. The number of nitrogens with one attached hydrogen (secondary N) is 1. The zero-order valence-corrected chi connectivity index (χ0v) is 14.1. The maximum atomic E-state index is 13.9. The monoisotopic (exact) mass is 356 g/mol. The number of amides is 1. The van der Waals surface area contributed by atoms with Gasteiger partial charge in [0.2, 0.25) is 0 Å². The molecule has 1 atom stereocenters. The van der Waals surface area contributed by atoms with Crippen LogP contribution in [0.1, 0.15) is 37.9 Å². The standard InChI is InChI=1S/C22H13FN2O2/c23-19-8-4-3-7-17(19)20(12-24)25-22(27)13-9-10-15-14-5-1-2-6-16(14)21(26)18(15)11-13/h1-11,20H,(H,25,27). The molecule has 0 heterocycles. The predicted octanol–water partition coefficient (Wildman–Crippen LogP) is 4.03.